The summed E-state index contributed by atoms with van der Waals surface area (Å²) in [4.78, 5) is 26.0. The van der Waals surface area contributed by atoms with Gasteiger partial charge in [-0.3, -0.25) is 14.9 Å². The third-order valence-electron chi connectivity index (χ3n) is 2.38. The highest BCUT2D eigenvalue weighted by molar-refractivity contribution is 5.98. The van der Waals surface area contributed by atoms with Crippen molar-refractivity contribution in [2.75, 3.05) is 12.4 Å². The van der Waals surface area contributed by atoms with Gasteiger partial charge in [0, 0.05) is 13.1 Å². The van der Waals surface area contributed by atoms with Crippen molar-refractivity contribution in [2.45, 2.75) is 6.54 Å². The number of tetrazole rings is 1. The predicted molar refractivity (Wildman–Crippen MR) is 65.8 cm³/mol. The first kappa shape index (κ1) is 13.3. The molecule has 11 nitrogen and oxygen atoms in total. The molecule has 0 aliphatic heterocycles. The maximum absolute atomic E-state index is 12.0. The van der Waals surface area contributed by atoms with E-state index in [4.69, 9.17) is 0 Å². The van der Waals surface area contributed by atoms with E-state index in [2.05, 4.69) is 36.2 Å². The lowest BCUT2D eigenvalue weighted by atomic mass is 10.2. The lowest BCUT2D eigenvalue weighted by molar-refractivity contribution is -0.385. The summed E-state index contributed by atoms with van der Waals surface area (Å²) in [5.41, 5.74) is -0.479. The van der Waals surface area contributed by atoms with Gasteiger partial charge in [0.1, 0.15) is 17.6 Å². The third-order valence-corrected chi connectivity index (χ3v) is 2.38. The number of carbonyl (C=O) groups is 1. The van der Waals surface area contributed by atoms with Crippen molar-refractivity contribution in [3.05, 3.63) is 33.8 Å². The van der Waals surface area contributed by atoms with Crippen molar-refractivity contribution < 1.29 is 9.72 Å². The molecule has 1 amide bonds. The fourth-order valence-corrected chi connectivity index (χ4v) is 1.42. The largest absolute Gasteiger partial charge is 0.373 e. The minimum Gasteiger partial charge on any atom is -0.373 e. The highest BCUT2D eigenvalue weighted by atomic mass is 16.6. The van der Waals surface area contributed by atoms with Gasteiger partial charge in [-0.1, -0.05) is 5.21 Å². The van der Waals surface area contributed by atoms with Gasteiger partial charge >= 0.3 is 0 Å². The summed E-state index contributed by atoms with van der Waals surface area (Å²) in [6.45, 7) is 0.00367. The molecule has 0 saturated carbocycles. The van der Waals surface area contributed by atoms with Gasteiger partial charge in [-0.15, -0.1) is 10.2 Å². The summed E-state index contributed by atoms with van der Waals surface area (Å²) in [6, 6.07) is 1.30. The summed E-state index contributed by atoms with van der Waals surface area (Å²) in [6.07, 6.45) is 1.02. The Hall–Kier alpha value is -3.11. The van der Waals surface area contributed by atoms with Crippen LogP contribution in [0.4, 0.5) is 11.5 Å². The molecule has 2 aromatic rings. The zero-order chi connectivity index (χ0) is 14.5. The molecule has 0 aliphatic rings. The molecule has 3 N–H and O–H groups in total. The maximum atomic E-state index is 12.0. The van der Waals surface area contributed by atoms with Gasteiger partial charge < -0.3 is 10.6 Å². The normalized spacial score (nSPS) is 10.1. The van der Waals surface area contributed by atoms with Crippen LogP contribution >= 0.6 is 0 Å². The fraction of sp³-hybridized carbons (Fsp3) is 0.222. The van der Waals surface area contributed by atoms with Crippen LogP contribution in [-0.4, -0.2) is 43.5 Å². The van der Waals surface area contributed by atoms with Gasteiger partial charge in [-0.05, 0) is 0 Å². The van der Waals surface area contributed by atoms with Crippen LogP contribution in [0.25, 0.3) is 0 Å². The monoisotopic (exact) mass is 278 g/mol. The van der Waals surface area contributed by atoms with Crippen molar-refractivity contribution in [1.82, 2.24) is 30.9 Å². The minimum atomic E-state index is -0.671. The second-order valence-corrected chi connectivity index (χ2v) is 3.60. The van der Waals surface area contributed by atoms with Gasteiger partial charge in [0.05, 0.1) is 11.5 Å². The lowest BCUT2D eigenvalue weighted by Crippen LogP contribution is -2.24. The number of carbonyl (C=O) groups excluding carboxylic acids is 1. The number of pyridine rings is 1. The lowest BCUT2D eigenvalue weighted by Gasteiger charge is -2.05. The van der Waals surface area contributed by atoms with Crippen LogP contribution in [0.15, 0.2) is 12.3 Å². The van der Waals surface area contributed by atoms with Crippen molar-refractivity contribution in [1.29, 1.82) is 0 Å². The number of anilines is 1. The fourth-order valence-electron chi connectivity index (χ4n) is 1.42. The van der Waals surface area contributed by atoms with Crippen molar-refractivity contribution >= 4 is 17.4 Å². The van der Waals surface area contributed by atoms with Crippen molar-refractivity contribution in [2.24, 2.45) is 0 Å². The number of nitrogens with zero attached hydrogens (tertiary/aromatic N) is 5. The number of aromatic amines is 1. The first-order valence-corrected chi connectivity index (χ1v) is 5.44. The zero-order valence-electron chi connectivity index (χ0n) is 10.3. The molecule has 0 radical (unpaired) electrons. The minimum absolute atomic E-state index is 0.00367. The van der Waals surface area contributed by atoms with E-state index in [9.17, 15) is 14.9 Å². The average molecular weight is 278 g/mol. The highest BCUT2D eigenvalue weighted by Crippen LogP contribution is 2.19. The zero-order valence-corrected chi connectivity index (χ0v) is 10.3. The topological polar surface area (TPSA) is 152 Å². The van der Waals surface area contributed by atoms with Crippen LogP contribution < -0.4 is 10.6 Å². The van der Waals surface area contributed by atoms with Crippen molar-refractivity contribution in [3.8, 4) is 0 Å². The molecule has 2 heterocycles. The van der Waals surface area contributed by atoms with Gasteiger partial charge in [0.25, 0.3) is 11.6 Å². The van der Waals surface area contributed by atoms with Gasteiger partial charge in [0.2, 0.25) is 0 Å². The second kappa shape index (κ2) is 5.69. The molecule has 11 heteroatoms. The first-order chi connectivity index (χ1) is 9.61. The Morgan fingerprint density at radius 2 is 2.35 bits per heavy atom. The van der Waals surface area contributed by atoms with E-state index in [1.165, 1.54) is 6.07 Å². The Balaban J connectivity index is 2.20. The summed E-state index contributed by atoms with van der Waals surface area (Å²) in [5.74, 6) is -0.00962. The van der Waals surface area contributed by atoms with E-state index < -0.39 is 10.8 Å². The molecule has 0 bridgehead atoms. The number of hydrogen-bond acceptors (Lipinski definition) is 8. The van der Waals surface area contributed by atoms with Gasteiger partial charge in [-0.25, -0.2) is 4.98 Å². The number of hydrogen-bond donors (Lipinski definition) is 3. The standard InChI is InChI=1S/C9H10N8O3/c1-10-7-2-5(6(3-11-7)17(19)20)9(18)12-4-8-13-15-16-14-8/h2-3H,4H2,1H3,(H,10,11)(H,12,18)(H,13,14,15,16). The van der Waals surface area contributed by atoms with E-state index in [1.807, 2.05) is 0 Å². The van der Waals surface area contributed by atoms with Crippen LogP contribution in [0.5, 0.6) is 0 Å². The Morgan fingerprint density at radius 3 is 2.95 bits per heavy atom. The number of nitrogens with one attached hydrogen (secondary N) is 3. The van der Waals surface area contributed by atoms with Crippen LogP contribution in [0, 0.1) is 10.1 Å². The maximum Gasteiger partial charge on any atom is 0.300 e. The molecule has 0 aromatic carbocycles. The predicted octanol–water partition coefficient (Wildman–Crippen LogP) is -0.525. The number of nitro groups is 1. The van der Waals surface area contributed by atoms with Crippen LogP contribution in [-0.2, 0) is 6.54 Å². The van der Waals surface area contributed by atoms with Gasteiger partial charge in [-0.2, -0.15) is 5.21 Å². The Morgan fingerprint density at radius 1 is 1.55 bits per heavy atom. The van der Waals surface area contributed by atoms with E-state index in [0.29, 0.717) is 5.82 Å². The number of H-pyrrole nitrogens is 1. The molecule has 0 spiro atoms. The quantitative estimate of drug-likeness (QED) is 0.487. The molecule has 2 aromatic heterocycles. The number of aromatic nitrogens is 5. The summed E-state index contributed by atoms with van der Waals surface area (Å²) >= 11 is 0. The third kappa shape index (κ3) is 2.82. The second-order valence-electron chi connectivity index (χ2n) is 3.60. The summed E-state index contributed by atoms with van der Waals surface area (Å²) < 4.78 is 0. The molecule has 0 atom stereocenters. The molecule has 20 heavy (non-hydrogen) atoms. The molecule has 2 rings (SSSR count). The van der Waals surface area contributed by atoms with E-state index in [-0.39, 0.29) is 23.6 Å². The smallest absolute Gasteiger partial charge is 0.300 e. The Kier molecular flexibility index (Phi) is 3.79. The van der Waals surface area contributed by atoms with Crippen LogP contribution in [0.2, 0.25) is 0 Å². The Labute approximate surface area is 111 Å². The summed E-state index contributed by atoms with van der Waals surface area (Å²) in [5, 5.41) is 28.9. The Bertz CT molecular complexity index is 626. The number of rotatable bonds is 5. The van der Waals surface area contributed by atoms with Crippen LogP contribution in [0.3, 0.4) is 0 Å². The van der Waals surface area contributed by atoms with Gasteiger partial charge in [0.15, 0.2) is 5.82 Å². The van der Waals surface area contributed by atoms with Crippen LogP contribution in [0.1, 0.15) is 16.2 Å². The molecule has 0 aliphatic carbocycles. The van der Waals surface area contributed by atoms with E-state index in [0.717, 1.165) is 6.20 Å². The molecule has 0 saturated heterocycles. The molecular weight excluding hydrogens is 268 g/mol. The van der Waals surface area contributed by atoms with Crippen molar-refractivity contribution in [3.63, 3.8) is 0 Å². The molecule has 0 fully saturated rings. The SMILES string of the molecule is CNc1cc(C(=O)NCc2nn[nH]n2)c([N+](=O)[O-])cn1. The molecular formula is C9H10N8O3. The highest BCUT2D eigenvalue weighted by Gasteiger charge is 2.21. The van der Waals surface area contributed by atoms with E-state index in [1.54, 1.807) is 7.05 Å². The molecule has 104 valence electrons. The van der Waals surface area contributed by atoms with E-state index >= 15 is 0 Å². The number of amides is 1. The average Bonchev–Trinajstić information content (AvgIpc) is 2.97. The first-order valence-electron chi connectivity index (χ1n) is 5.44. The summed E-state index contributed by atoms with van der Waals surface area (Å²) in [7, 11) is 1.59. The molecule has 0 unspecified atom stereocenters.